The second-order valence-electron chi connectivity index (χ2n) is 6.35. The molecule has 0 bridgehead atoms. The Bertz CT molecular complexity index is 665. The van der Waals surface area contributed by atoms with Crippen LogP contribution in [0.2, 0.25) is 0 Å². The highest BCUT2D eigenvalue weighted by molar-refractivity contribution is 5.36. The summed E-state index contributed by atoms with van der Waals surface area (Å²) < 4.78 is 7.76. The van der Waals surface area contributed by atoms with E-state index in [0.29, 0.717) is 0 Å². The number of benzene rings is 1. The van der Waals surface area contributed by atoms with Gasteiger partial charge in [0.05, 0.1) is 13.2 Å². The highest BCUT2D eigenvalue weighted by Gasteiger charge is 2.19. The number of nitrogens with one attached hydrogen (secondary N) is 1. The summed E-state index contributed by atoms with van der Waals surface area (Å²) in [5.41, 5.74) is 2.42. The lowest BCUT2D eigenvalue weighted by atomic mass is 10.1. The van der Waals surface area contributed by atoms with Gasteiger partial charge in [0.2, 0.25) is 0 Å². The van der Waals surface area contributed by atoms with E-state index in [1.165, 1.54) is 30.4 Å². The number of rotatable bonds is 5. The molecule has 1 aliphatic heterocycles. The second-order valence-corrected chi connectivity index (χ2v) is 6.35. The molecule has 0 saturated carbocycles. The van der Waals surface area contributed by atoms with Crippen molar-refractivity contribution >= 4 is 0 Å². The molecule has 3 rings (SSSR count). The molecular weight excluding hydrogens is 288 g/mol. The first-order valence-electron chi connectivity index (χ1n) is 8.48. The Morgan fingerprint density at radius 1 is 1.26 bits per heavy atom. The molecule has 0 fully saturated rings. The van der Waals surface area contributed by atoms with Crippen molar-refractivity contribution in [1.29, 1.82) is 0 Å². The maximum atomic E-state index is 5.46. The predicted octanol–water partition coefficient (Wildman–Crippen LogP) is 3.17. The van der Waals surface area contributed by atoms with Gasteiger partial charge in [-0.15, -0.1) is 10.2 Å². The van der Waals surface area contributed by atoms with E-state index in [4.69, 9.17) is 4.74 Å². The molecule has 0 amide bonds. The molecule has 2 aromatic rings. The highest BCUT2D eigenvalue weighted by atomic mass is 16.5. The lowest BCUT2D eigenvalue weighted by molar-refractivity contribution is 0.404. The molecule has 23 heavy (non-hydrogen) atoms. The van der Waals surface area contributed by atoms with E-state index in [1.54, 1.807) is 7.11 Å². The summed E-state index contributed by atoms with van der Waals surface area (Å²) in [7, 11) is 1.72. The van der Waals surface area contributed by atoms with Crippen LogP contribution in [0.5, 0.6) is 5.75 Å². The van der Waals surface area contributed by atoms with Crippen LogP contribution in [-0.4, -0.2) is 21.9 Å². The number of nitrogens with zero attached hydrogens (tertiary/aromatic N) is 3. The minimum Gasteiger partial charge on any atom is -0.496 e. The number of hydrogen-bond acceptors (Lipinski definition) is 4. The Morgan fingerprint density at radius 2 is 2.13 bits per heavy atom. The zero-order valence-corrected chi connectivity index (χ0v) is 14.3. The smallest absolute Gasteiger partial charge is 0.149 e. The molecular formula is C18H26N4O. The normalized spacial score (nSPS) is 15.8. The van der Waals surface area contributed by atoms with Crippen LogP contribution in [-0.2, 0) is 19.5 Å². The summed E-state index contributed by atoms with van der Waals surface area (Å²) >= 11 is 0. The first-order chi connectivity index (χ1) is 11.2. The molecule has 1 atom stereocenters. The lowest BCUT2D eigenvalue weighted by Gasteiger charge is -2.17. The third-order valence-corrected chi connectivity index (χ3v) is 4.56. The van der Waals surface area contributed by atoms with Gasteiger partial charge < -0.3 is 14.6 Å². The summed E-state index contributed by atoms with van der Waals surface area (Å²) in [6.45, 7) is 6.06. The van der Waals surface area contributed by atoms with Gasteiger partial charge in [0.15, 0.2) is 0 Å². The summed E-state index contributed by atoms with van der Waals surface area (Å²) in [5, 5.41) is 12.4. The number of aryl methyl sites for hydroxylation is 2. The lowest BCUT2D eigenvalue weighted by Crippen LogP contribution is -2.22. The molecule has 0 spiro atoms. The van der Waals surface area contributed by atoms with Crippen LogP contribution in [0, 0.1) is 6.92 Å². The van der Waals surface area contributed by atoms with Crippen LogP contribution in [0.25, 0.3) is 0 Å². The van der Waals surface area contributed by atoms with Crippen LogP contribution in [0.4, 0.5) is 0 Å². The van der Waals surface area contributed by atoms with Crippen molar-refractivity contribution in [3.63, 3.8) is 0 Å². The fourth-order valence-electron chi connectivity index (χ4n) is 3.23. The van der Waals surface area contributed by atoms with Crippen molar-refractivity contribution in [1.82, 2.24) is 20.1 Å². The first-order valence-corrected chi connectivity index (χ1v) is 8.48. The fourth-order valence-corrected chi connectivity index (χ4v) is 3.23. The Morgan fingerprint density at radius 3 is 2.96 bits per heavy atom. The maximum Gasteiger partial charge on any atom is 0.149 e. The van der Waals surface area contributed by atoms with E-state index in [0.717, 1.165) is 36.9 Å². The maximum absolute atomic E-state index is 5.46. The number of hydrogen-bond donors (Lipinski definition) is 1. The van der Waals surface area contributed by atoms with Gasteiger partial charge in [-0.25, -0.2) is 0 Å². The Balaban J connectivity index is 1.72. The largest absolute Gasteiger partial charge is 0.496 e. The van der Waals surface area contributed by atoms with Crippen LogP contribution in [0.3, 0.4) is 0 Å². The zero-order valence-electron chi connectivity index (χ0n) is 14.3. The average molecular weight is 314 g/mol. The second kappa shape index (κ2) is 7.13. The number of aromatic nitrogens is 3. The van der Waals surface area contributed by atoms with Crippen molar-refractivity contribution in [3.8, 4) is 5.75 Å². The van der Waals surface area contributed by atoms with Crippen LogP contribution in [0.15, 0.2) is 18.2 Å². The molecule has 1 aromatic carbocycles. The van der Waals surface area contributed by atoms with Gasteiger partial charge in [0, 0.05) is 25.1 Å². The van der Waals surface area contributed by atoms with E-state index in [1.807, 2.05) is 6.07 Å². The van der Waals surface area contributed by atoms with Gasteiger partial charge in [0.25, 0.3) is 0 Å². The number of methoxy groups -OCH3 is 1. The molecule has 5 nitrogen and oxygen atoms in total. The minimum atomic E-state index is 0.166. The Hall–Kier alpha value is -1.88. The van der Waals surface area contributed by atoms with Crippen molar-refractivity contribution in [2.75, 3.05) is 7.11 Å². The molecule has 1 aliphatic rings. The molecule has 1 aromatic heterocycles. The average Bonchev–Trinajstić information content (AvgIpc) is 2.81. The predicted molar refractivity (Wildman–Crippen MR) is 90.6 cm³/mol. The first kappa shape index (κ1) is 16.0. The van der Waals surface area contributed by atoms with Crippen molar-refractivity contribution < 1.29 is 4.74 Å². The molecule has 1 unspecified atom stereocenters. The SMILES string of the molecule is COc1ccc(C)cc1CNC(C)c1nnc2n1CCCCC2. The quantitative estimate of drug-likeness (QED) is 0.921. The van der Waals surface area contributed by atoms with E-state index in [2.05, 4.69) is 46.1 Å². The molecule has 0 radical (unpaired) electrons. The van der Waals surface area contributed by atoms with Gasteiger partial charge in [-0.2, -0.15) is 0 Å². The highest BCUT2D eigenvalue weighted by Crippen LogP contribution is 2.22. The van der Waals surface area contributed by atoms with Crippen molar-refractivity contribution in [2.24, 2.45) is 0 Å². The van der Waals surface area contributed by atoms with Gasteiger partial charge in [-0.1, -0.05) is 24.1 Å². The summed E-state index contributed by atoms with van der Waals surface area (Å²) in [5.74, 6) is 3.11. The van der Waals surface area contributed by atoms with Gasteiger partial charge in [0.1, 0.15) is 17.4 Å². The van der Waals surface area contributed by atoms with Crippen molar-refractivity contribution in [2.45, 2.75) is 58.7 Å². The van der Waals surface area contributed by atoms with E-state index >= 15 is 0 Å². The third kappa shape index (κ3) is 3.55. The third-order valence-electron chi connectivity index (χ3n) is 4.56. The molecule has 0 saturated heterocycles. The molecule has 0 aliphatic carbocycles. The van der Waals surface area contributed by atoms with Crippen LogP contribution < -0.4 is 10.1 Å². The van der Waals surface area contributed by atoms with Crippen LogP contribution in [0.1, 0.15) is 55.0 Å². The van der Waals surface area contributed by atoms with Crippen LogP contribution >= 0.6 is 0 Å². The monoisotopic (exact) mass is 314 g/mol. The topological polar surface area (TPSA) is 52.0 Å². The number of ether oxygens (including phenoxy) is 1. The van der Waals surface area contributed by atoms with E-state index in [-0.39, 0.29) is 6.04 Å². The van der Waals surface area contributed by atoms with Gasteiger partial charge in [-0.05, 0) is 32.8 Å². The minimum absolute atomic E-state index is 0.166. The molecule has 1 N–H and O–H groups in total. The van der Waals surface area contributed by atoms with Gasteiger partial charge >= 0.3 is 0 Å². The molecule has 124 valence electrons. The fraction of sp³-hybridized carbons (Fsp3) is 0.556. The summed E-state index contributed by atoms with van der Waals surface area (Å²) in [6, 6.07) is 6.44. The Labute approximate surface area is 138 Å². The van der Waals surface area contributed by atoms with E-state index in [9.17, 15) is 0 Å². The Kier molecular flexibility index (Phi) is 4.96. The summed E-state index contributed by atoms with van der Waals surface area (Å²) in [6.07, 6.45) is 4.77. The van der Waals surface area contributed by atoms with Crippen molar-refractivity contribution in [3.05, 3.63) is 41.0 Å². The zero-order chi connectivity index (χ0) is 16.2. The van der Waals surface area contributed by atoms with Gasteiger partial charge in [-0.3, -0.25) is 0 Å². The number of fused-ring (bicyclic) bond motifs is 1. The summed E-state index contributed by atoms with van der Waals surface area (Å²) in [4.78, 5) is 0. The molecule has 5 heteroatoms. The standard InChI is InChI=1S/C18H26N4O/c1-13-8-9-16(23-3)15(11-13)12-19-14(2)18-21-20-17-7-5-4-6-10-22(17)18/h8-9,11,14,19H,4-7,10,12H2,1-3H3. The van der Waals surface area contributed by atoms with E-state index < -0.39 is 0 Å². The molecule has 2 heterocycles.